The Balaban J connectivity index is 1.60. The molecule has 21 heavy (non-hydrogen) atoms. The summed E-state index contributed by atoms with van der Waals surface area (Å²) in [6.45, 7) is 1.32. The Hall–Kier alpha value is -2.48. The van der Waals surface area contributed by atoms with Crippen LogP contribution in [0.3, 0.4) is 0 Å². The summed E-state index contributed by atoms with van der Waals surface area (Å²) in [6, 6.07) is 1.87. The molecular formula is C13H14N6OS. The molecule has 0 aliphatic rings. The fraction of sp³-hybridized carbons (Fsp3) is 0.231. The van der Waals surface area contributed by atoms with Gasteiger partial charge in [-0.1, -0.05) is 0 Å². The summed E-state index contributed by atoms with van der Waals surface area (Å²) in [7, 11) is 0. The average Bonchev–Trinajstić information content (AvgIpc) is 3.12. The van der Waals surface area contributed by atoms with Crippen molar-refractivity contribution < 1.29 is 4.79 Å². The van der Waals surface area contributed by atoms with Crippen LogP contribution in [0.4, 0.5) is 5.69 Å². The summed E-state index contributed by atoms with van der Waals surface area (Å²) < 4.78 is 1.83. The number of amides is 1. The van der Waals surface area contributed by atoms with Crippen LogP contribution in [0.1, 0.15) is 16.1 Å². The van der Waals surface area contributed by atoms with Gasteiger partial charge in [-0.25, -0.2) is 9.97 Å². The molecule has 0 bridgehead atoms. The number of nitrogens with one attached hydrogen (secondary N) is 1. The molecule has 0 radical (unpaired) electrons. The molecule has 7 nitrogen and oxygen atoms in total. The Morgan fingerprint density at radius 1 is 1.33 bits per heavy atom. The van der Waals surface area contributed by atoms with Crippen LogP contribution in [-0.2, 0) is 6.54 Å². The number of nitrogens with two attached hydrogens (primary N) is 1. The van der Waals surface area contributed by atoms with E-state index in [0.29, 0.717) is 27.5 Å². The lowest BCUT2D eigenvalue weighted by Gasteiger charge is -2.04. The number of carbonyl (C=O) groups excluding carboxylic acids is 1. The van der Waals surface area contributed by atoms with Gasteiger partial charge in [0.2, 0.25) is 0 Å². The quantitative estimate of drug-likeness (QED) is 0.692. The van der Waals surface area contributed by atoms with E-state index in [-0.39, 0.29) is 5.91 Å². The lowest BCUT2D eigenvalue weighted by atomic mass is 10.3. The highest BCUT2D eigenvalue weighted by molar-refractivity contribution is 7.21. The SMILES string of the molecule is Nc1c(C(=O)NCCCn2cccn2)sc2nccnc12. The van der Waals surface area contributed by atoms with Gasteiger partial charge in [-0.15, -0.1) is 11.3 Å². The number of thiophene rings is 1. The zero-order chi connectivity index (χ0) is 14.7. The first-order chi connectivity index (χ1) is 10.3. The van der Waals surface area contributed by atoms with E-state index in [1.54, 1.807) is 18.6 Å². The first-order valence-corrected chi connectivity index (χ1v) is 7.32. The van der Waals surface area contributed by atoms with Gasteiger partial charge in [-0.05, 0) is 12.5 Å². The Kier molecular flexibility index (Phi) is 3.78. The fourth-order valence-corrected chi connectivity index (χ4v) is 2.91. The van der Waals surface area contributed by atoms with Crippen LogP contribution in [0.5, 0.6) is 0 Å². The Morgan fingerprint density at radius 2 is 2.19 bits per heavy atom. The number of fused-ring (bicyclic) bond motifs is 1. The third-order valence-corrected chi connectivity index (χ3v) is 4.08. The lowest BCUT2D eigenvalue weighted by molar-refractivity contribution is 0.0957. The van der Waals surface area contributed by atoms with Gasteiger partial charge in [0.25, 0.3) is 5.91 Å². The number of aromatic nitrogens is 4. The molecule has 3 N–H and O–H groups in total. The highest BCUT2D eigenvalue weighted by atomic mass is 32.1. The minimum Gasteiger partial charge on any atom is -0.396 e. The molecule has 0 spiro atoms. The van der Waals surface area contributed by atoms with Crippen LogP contribution < -0.4 is 11.1 Å². The minimum absolute atomic E-state index is 0.183. The zero-order valence-electron chi connectivity index (χ0n) is 11.2. The third-order valence-electron chi connectivity index (χ3n) is 2.98. The Labute approximate surface area is 124 Å². The van der Waals surface area contributed by atoms with Crippen LogP contribution in [-0.4, -0.2) is 32.2 Å². The molecule has 3 aromatic rings. The maximum absolute atomic E-state index is 12.1. The second kappa shape index (κ2) is 5.88. The van der Waals surface area contributed by atoms with E-state index in [1.807, 2.05) is 16.9 Å². The molecule has 0 aliphatic carbocycles. The molecule has 8 heteroatoms. The van der Waals surface area contributed by atoms with Crippen molar-refractivity contribution in [3.05, 3.63) is 35.7 Å². The van der Waals surface area contributed by atoms with Gasteiger partial charge in [0.1, 0.15) is 15.2 Å². The number of anilines is 1. The van der Waals surface area contributed by atoms with Crippen molar-refractivity contribution in [3.63, 3.8) is 0 Å². The number of nitrogen functional groups attached to an aromatic ring is 1. The number of rotatable bonds is 5. The molecule has 0 saturated heterocycles. The van der Waals surface area contributed by atoms with Crippen LogP contribution in [0, 0.1) is 0 Å². The average molecular weight is 302 g/mol. The summed E-state index contributed by atoms with van der Waals surface area (Å²) in [5.74, 6) is -0.183. The highest BCUT2D eigenvalue weighted by Crippen LogP contribution is 2.30. The summed E-state index contributed by atoms with van der Waals surface area (Å²) in [5, 5.41) is 6.96. The Morgan fingerprint density at radius 3 is 2.95 bits per heavy atom. The first-order valence-electron chi connectivity index (χ1n) is 6.50. The van der Waals surface area contributed by atoms with Crippen molar-refractivity contribution in [1.82, 2.24) is 25.1 Å². The van der Waals surface area contributed by atoms with Gasteiger partial charge in [0.15, 0.2) is 0 Å². The van der Waals surface area contributed by atoms with Crippen LogP contribution in [0.15, 0.2) is 30.9 Å². The minimum atomic E-state index is -0.183. The largest absolute Gasteiger partial charge is 0.396 e. The molecule has 0 saturated carbocycles. The molecule has 108 valence electrons. The van der Waals surface area contributed by atoms with Gasteiger partial charge >= 0.3 is 0 Å². The fourth-order valence-electron chi connectivity index (χ4n) is 1.97. The van der Waals surface area contributed by atoms with Crippen molar-refractivity contribution in [1.29, 1.82) is 0 Å². The van der Waals surface area contributed by atoms with E-state index in [0.717, 1.165) is 13.0 Å². The maximum atomic E-state index is 12.1. The van der Waals surface area contributed by atoms with E-state index in [9.17, 15) is 4.79 Å². The third kappa shape index (κ3) is 2.84. The second-order valence-corrected chi connectivity index (χ2v) is 5.43. The van der Waals surface area contributed by atoms with Crippen molar-refractivity contribution in [3.8, 4) is 0 Å². The molecule has 3 heterocycles. The maximum Gasteiger partial charge on any atom is 0.263 e. The topological polar surface area (TPSA) is 98.7 Å². The molecule has 0 atom stereocenters. The number of nitrogens with zero attached hydrogens (tertiary/aromatic N) is 4. The monoisotopic (exact) mass is 302 g/mol. The van der Waals surface area contributed by atoms with Crippen molar-refractivity contribution in [2.24, 2.45) is 0 Å². The predicted molar refractivity (Wildman–Crippen MR) is 81.0 cm³/mol. The summed E-state index contributed by atoms with van der Waals surface area (Å²) in [6.07, 6.45) is 7.58. The van der Waals surface area contributed by atoms with Gasteiger partial charge in [0, 0.05) is 37.9 Å². The van der Waals surface area contributed by atoms with Gasteiger partial charge in [-0.3, -0.25) is 9.48 Å². The predicted octanol–water partition coefficient (Wildman–Crippen LogP) is 1.29. The first kappa shape index (κ1) is 13.5. The van der Waals surface area contributed by atoms with Crippen molar-refractivity contribution in [2.45, 2.75) is 13.0 Å². The van der Waals surface area contributed by atoms with E-state index in [2.05, 4.69) is 20.4 Å². The number of hydrogen-bond donors (Lipinski definition) is 2. The van der Waals surface area contributed by atoms with E-state index < -0.39 is 0 Å². The van der Waals surface area contributed by atoms with Gasteiger partial charge < -0.3 is 11.1 Å². The number of hydrogen-bond acceptors (Lipinski definition) is 6. The molecule has 1 amide bonds. The highest BCUT2D eigenvalue weighted by Gasteiger charge is 2.17. The van der Waals surface area contributed by atoms with Crippen LogP contribution in [0.2, 0.25) is 0 Å². The summed E-state index contributed by atoms with van der Waals surface area (Å²) in [4.78, 5) is 21.6. The zero-order valence-corrected chi connectivity index (χ0v) is 12.0. The normalized spacial score (nSPS) is 10.9. The van der Waals surface area contributed by atoms with E-state index in [1.165, 1.54) is 11.3 Å². The van der Waals surface area contributed by atoms with Gasteiger partial charge in [-0.2, -0.15) is 5.10 Å². The van der Waals surface area contributed by atoms with E-state index in [4.69, 9.17) is 5.73 Å². The molecule has 0 aliphatic heterocycles. The smallest absolute Gasteiger partial charge is 0.263 e. The summed E-state index contributed by atoms with van der Waals surface area (Å²) >= 11 is 1.26. The lowest BCUT2D eigenvalue weighted by Crippen LogP contribution is -2.25. The van der Waals surface area contributed by atoms with Gasteiger partial charge in [0.05, 0.1) is 5.69 Å². The molecule has 0 unspecified atom stereocenters. The number of aryl methyl sites for hydroxylation is 1. The molecule has 0 fully saturated rings. The Bertz CT molecular complexity index is 751. The van der Waals surface area contributed by atoms with Crippen LogP contribution in [0.25, 0.3) is 10.3 Å². The second-order valence-electron chi connectivity index (χ2n) is 4.43. The summed E-state index contributed by atoms with van der Waals surface area (Å²) in [5.41, 5.74) is 6.94. The molecule has 3 rings (SSSR count). The molecule has 0 aromatic carbocycles. The standard InChI is InChI=1S/C13H14N6OS/c14-9-10-13(17-6-5-15-10)21-11(9)12(20)16-3-1-7-19-8-2-4-18-19/h2,4-6,8H,1,3,7,14H2,(H,16,20). The van der Waals surface area contributed by atoms with E-state index >= 15 is 0 Å². The van der Waals surface area contributed by atoms with Crippen molar-refractivity contribution in [2.75, 3.05) is 12.3 Å². The molecular weight excluding hydrogens is 288 g/mol. The number of carbonyl (C=O) groups is 1. The van der Waals surface area contributed by atoms with Crippen LogP contribution >= 0.6 is 11.3 Å². The van der Waals surface area contributed by atoms with Crippen molar-refractivity contribution >= 4 is 33.3 Å². The molecule has 3 aromatic heterocycles.